The molecular weight excluding hydrogens is 104 g/mol. The van der Waals surface area contributed by atoms with Crippen molar-refractivity contribution in [2.45, 2.75) is 25.0 Å². The Morgan fingerprint density at radius 2 is 2.50 bits per heavy atom. The summed E-state index contributed by atoms with van der Waals surface area (Å²) in [7, 11) is 0. The zero-order valence-electron chi connectivity index (χ0n) is 5.02. The molecule has 0 aromatic heterocycles. The summed E-state index contributed by atoms with van der Waals surface area (Å²) in [6.45, 7) is 3.80. The molecule has 0 aromatic carbocycles. The average Bonchev–Trinajstić information content (AvgIpc) is 2.39. The van der Waals surface area contributed by atoms with Gasteiger partial charge in [-0.15, -0.1) is 0 Å². The van der Waals surface area contributed by atoms with E-state index >= 15 is 0 Å². The molecule has 0 radical (unpaired) electrons. The predicted octanol–water partition coefficient (Wildman–Crippen LogP) is 0.564. The normalized spacial score (nSPS) is 52.9. The molecule has 2 aliphatic heterocycles. The van der Waals surface area contributed by atoms with Gasteiger partial charge in [-0.1, -0.05) is 0 Å². The van der Waals surface area contributed by atoms with Crippen molar-refractivity contribution in [1.29, 1.82) is 0 Å². The van der Waals surface area contributed by atoms with Crippen LogP contribution in [0.1, 0.15) is 13.3 Å². The fraction of sp³-hybridized carbons (Fsp3) is 1.00. The van der Waals surface area contributed by atoms with Gasteiger partial charge in [0.25, 0.3) is 0 Å². The van der Waals surface area contributed by atoms with E-state index in [0.717, 1.165) is 19.6 Å². The van der Waals surface area contributed by atoms with E-state index in [-0.39, 0.29) is 5.60 Å². The molecule has 8 heavy (non-hydrogen) atoms. The molecule has 46 valence electrons. The van der Waals surface area contributed by atoms with Crippen LogP contribution in [0.2, 0.25) is 0 Å². The topological polar surface area (TPSA) is 21.8 Å². The summed E-state index contributed by atoms with van der Waals surface area (Å²) in [4.78, 5) is 0. The average molecular weight is 114 g/mol. The van der Waals surface area contributed by atoms with E-state index in [2.05, 4.69) is 6.92 Å². The summed E-state index contributed by atoms with van der Waals surface area (Å²) < 4.78 is 10.5. The molecule has 0 aliphatic carbocycles. The van der Waals surface area contributed by atoms with Gasteiger partial charge in [-0.25, -0.2) is 0 Å². The lowest BCUT2D eigenvalue weighted by Gasteiger charge is -2.11. The minimum atomic E-state index is 0.123. The van der Waals surface area contributed by atoms with E-state index in [0.29, 0.717) is 6.10 Å². The van der Waals surface area contributed by atoms with E-state index in [4.69, 9.17) is 9.47 Å². The predicted molar refractivity (Wildman–Crippen MR) is 28.7 cm³/mol. The highest BCUT2D eigenvalue weighted by Crippen LogP contribution is 2.41. The molecule has 2 fully saturated rings. The third-order valence-electron chi connectivity index (χ3n) is 1.95. The van der Waals surface area contributed by atoms with Gasteiger partial charge in [0.2, 0.25) is 0 Å². The van der Waals surface area contributed by atoms with Gasteiger partial charge in [-0.3, -0.25) is 0 Å². The molecule has 0 unspecified atom stereocenters. The van der Waals surface area contributed by atoms with Gasteiger partial charge in [0, 0.05) is 6.61 Å². The van der Waals surface area contributed by atoms with Crippen molar-refractivity contribution < 1.29 is 9.47 Å². The standard InChI is InChI=1S/C6H10O2/c1-6-4-7-3-2-5(6)8-6/h5H,2-4H2,1H3/t5-,6+/m0/s1. The van der Waals surface area contributed by atoms with Crippen LogP contribution in [0.25, 0.3) is 0 Å². The second kappa shape index (κ2) is 1.25. The van der Waals surface area contributed by atoms with Crippen molar-refractivity contribution in [3.8, 4) is 0 Å². The van der Waals surface area contributed by atoms with Crippen LogP contribution >= 0.6 is 0 Å². The first kappa shape index (κ1) is 4.77. The highest BCUT2D eigenvalue weighted by atomic mass is 16.6. The maximum Gasteiger partial charge on any atom is 0.115 e. The molecule has 2 heterocycles. The minimum absolute atomic E-state index is 0.123. The molecule has 0 N–H and O–H groups in total. The molecule has 0 aromatic rings. The molecule has 0 bridgehead atoms. The number of fused-ring (bicyclic) bond motifs is 1. The van der Waals surface area contributed by atoms with Gasteiger partial charge in [0.15, 0.2) is 0 Å². The molecular formula is C6H10O2. The number of rotatable bonds is 0. The van der Waals surface area contributed by atoms with Gasteiger partial charge >= 0.3 is 0 Å². The third kappa shape index (κ3) is 0.501. The first-order chi connectivity index (χ1) is 3.81. The Morgan fingerprint density at radius 1 is 1.62 bits per heavy atom. The molecule has 2 aliphatic rings. The molecule has 2 heteroatoms. The molecule has 2 rings (SSSR count). The van der Waals surface area contributed by atoms with Crippen molar-refractivity contribution in [3.63, 3.8) is 0 Å². The second-order valence-corrected chi connectivity index (χ2v) is 2.76. The molecule has 2 saturated heterocycles. The lowest BCUT2D eigenvalue weighted by atomic mass is 10.1. The van der Waals surface area contributed by atoms with Crippen LogP contribution in [0.5, 0.6) is 0 Å². The quantitative estimate of drug-likeness (QED) is 0.429. The van der Waals surface area contributed by atoms with Crippen LogP contribution in [0, 0.1) is 0 Å². The van der Waals surface area contributed by atoms with Crippen LogP contribution in [0.4, 0.5) is 0 Å². The van der Waals surface area contributed by atoms with Gasteiger partial charge in [-0.2, -0.15) is 0 Å². The number of epoxide rings is 1. The first-order valence-corrected chi connectivity index (χ1v) is 3.07. The van der Waals surface area contributed by atoms with Crippen molar-refractivity contribution >= 4 is 0 Å². The summed E-state index contributed by atoms with van der Waals surface area (Å²) in [5, 5.41) is 0. The zero-order valence-corrected chi connectivity index (χ0v) is 5.02. The molecule has 2 atom stereocenters. The first-order valence-electron chi connectivity index (χ1n) is 3.07. The van der Waals surface area contributed by atoms with Gasteiger partial charge in [-0.05, 0) is 13.3 Å². The fourth-order valence-electron chi connectivity index (χ4n) is 1.25. The lowest BCUT2D eigenvalue weighted by Crippen LogP contribution is -2.24. The largest absolute Gasteiger partial charge is 0.378 e. The highest BCUT2D eigenvalue weighted by molar-refractivity contribution is 5.00. The smallest absolute Gasteiger partial charge is 0.115 e. The maximum absolute atomic E-state index is 5.34. The van der Waals surface area contributed by atoms with E-state index < -0.39 is 0 Å². The van der Waals surface area contributed by atoms with Gasteiger partial charge in [0.05, 0.1) is 12.7 Å². The van der Waals surface area contributed by atoms with Crippen LogP contribution in [-0.2, 0) is 9.47 Å². The van der Waals surface area contributed by atoms with Crippen molar-refractivity contribution in [1.82, 2.24) is 0 Å². The van der Waals surface area contributed by atoms with Gasteiger partial charge in [0.1, 0.15) is 5.60 Å². The highest BCUT2D eigenvalue weighted by Gasteiger charge is 2.53. The molecule has 0 amide bonds. The zero-order chi connectivity index (χ0) is 5.61. The second-order valence-electron chi connectivity index (χ2n) is 2.76. The third-order valence-corrected chi connectivity index (χ3v) is 1.95. The van der Waals surface area contributed by atoms with E-state index in [9.17, 15) is 0 Å². The van der Waals surface area contributed by atoms with Crippen molar-refractivity contribution in [2.75, 3.05) is 13.2 Å². The Hall–Kier alpha value is -0.0800. The SMILES string of the molecule is C[C@@]12COCC[C@@H]1O2. The maximum atomic E-state index is 5.34. The molecule has 2 nitrogen and oxygen atoms in total. The number of hydrogen-bond donors (Lipinski definition) is 0. The summed E-state index contributed by atoms with van der Waals surface area (Å²) >= 11 is 0. The Labute approximate surface area is 48.8 Å². The Morgan fingerprint density at radius 3 is 3.00 bits per heavy atom. The van der Waals surface area contributed by atoms with Crippen LogP contribution in [0.15, 0.2) is 0 Å². The monoisotopic (exact) mass is 114 g/mol. The van der Waals surface area contributed by atoms with Crippen LogP contribution < -0.4 is 0 Å². The van der Waals surface area contributed by atoms with Crippen LogP contribution in [-0.4, -0.2) is 24.9 Å². The lowest BCUT2D eigenvalue weighted by molar-refractivity contribution is 0.0798. The Kier molecular flexibility index (Phi) is 0.746. The summed E-state index contributed by atoms with van der Waals surface area (Å²) in [6, 6.07) is 0. The minimum Gasteiger partial charge on any atom is -0.378 e. The number of hydrogen-bond acceptors (Lipinski definition) is 2. The summed E-state index contributed by atoms with van der Waals surface area (Å²) in [6.07, 6.45) is 1.62. The van der Waals surface area contributed by atoms with Gasteiger partial charge < -0.3 is 9.47 Å². The molecule has 0 spiro atoms. The van der Waals surface area contributed by atoms with Crippen LogP contribution in [0.3, 0.4) is 0 Å². The van der Waals surface area contributed by atoms with E-state index in [1.165, 1.54) is 0 Å². The fourth-order valence-corrected chi connectivity index (χ4v) is 1.25. The summed E-state index contributed by atoms with van der Waals surface area (Å²) in [5.41, 5.74) is 0.123. The Bertz CT molecular complexity index is 111. The van der Waals surface area contributed by atoms with Crippen molar-refractivity contribution in [2.24, 2.45) is 0 Å². The summed E-state index contributed by atoms with van der Waals surface area (Å²) in [5.74, 6) is 0. The van der Waals surface area contributed by atoms with E-state index in [1.54, 1.807) is 0 Å². The van der Waals surface area contributed by atoms with E-state index in [1.807, 2.05) is 0 Å². The molecule has 0 saturated carbocycles. The Balaban J connectivity index is 2.04. The number of ether oxygens (including phenoxy) is 2. The van der Waals surface area contributed by atoms with Crippen molar-refractivity contribution in [3.05, 3.63) is 0 Å².